The van der Waals surface area contributed by atoms with Crippen LogP contribution in [0.5, 0.6) is 0 Å². The average molecular weight is 653 g/mol. The van der Waals surface area contributed by atoms with Crippen molar-refractivity contribution in [2.24, 2.45) is 0 Å². The molecule has 0 radical (unpaired) electrons. The molecular formula is C34H35Cl2N3O4S. The first-order valence-electron chi connectivity index (χ1n) is 14.3. The number of sulfonamides is 1. The molecule has 0 heterocycles. The molecule has 230 valence electrons. The van der Waals surface area contributed by atoms with Gasteiger partial charge in [0, 0.05) is 24.5 Å². The number of carbonyl (C=O) groups is 2. The highest BCUT2D eigenvalue weighted by Crippen LogP contribution is 2.33. The third-order valence-electron chi connectivity index (χ3n) is 7.21. The number of hydrogen-bond acceptors (Lipinski definition) is 4. The van der Waals surface area contributed by atoms with E-state index >= 15 is 0 Å². The zero-order chi connectivity index (χ0) is 31.7. The molecular weight excluding hydrogens is 617 g/mol. The van der Waals surface area contributed by atoms with Gasteiger partial charge in [0.25, 0.3) is 10.0 Å². The van der Waals surface area contributed by atoms with Crippen molar-refractivity contribution in [3.63, 3.8) is 0 Å². The fourth-order valence-electron chi connectivity index (χ4n) is 4.80. The van der Waals surface area contributed by atoms with Gasteiger partial charge in [-0.1, -0.05) is 103 Å². The van der Waals surface area contributed by atoms with Gasteiger partial charge in [0.05, 0.1) is 15.6 Å². The minimum absolute atomic E-state index is 0.0178. The van der Waals surface area contributed by atoms with Crippen LogP contribution in [0.15, 0.2) is 108 Å². The first-order valence-corrected chi connectivity index (χ1v) is 16.5. The molecule has 0 fully saturated rings. The van der Waals surface area contributed by atoms with E-state index < -0.39 is 28.5 Å². The van der Waals surface area contributed by atoms with Crippen LogP contribution in [-0.2, 0) is 32.6 Å². The van der Waals surface area contributed by atoms with Crippen LogP contribution in [0.4, 0.5) is 5.69 Å². The second kappa shape index (κ2) is 15.2. The minimum atomic E-state index is -4.28. The number of hydrogen-bond donors (Lipinski definition) is 1. The number of nitrogens with one attached hydrogen (secondary N) is 1. The number of nitrogens with zero attached hydrogens (tertiary/aromatic N) is 2. The summed E-state index contributed by atoms with van der Waals surface area (Å²) in [4.78, 5) is 29.7. The third-order valence-corrected chi connectivity index (χ3v) is 9.54. The van der Waals surface area contributed by atoms with E-state index in [0.717, 1.165) is 21.0 Å². The minimum Gasteiger partial charge on any atom is -0.354 e. The Morgan fingerprint density at radius 2 is 1.50 bits per heavy atom. The maximum absolute atomic E-state index is 14.5. The highest BCUT2D eigenvalue weighted by atomic mass is 35.5. The van der Waals surface area contributed by atoms with Crippen molar-refractivity contribution in [2.75, 3.05) is 17.4 Å². The molecule has 2 amide bonds. The lowest BCUT2D eigenvalue weighted by molar-refractivity contribution is -0.140. The number of rotatable bonds is 13. The van der Waals surface area contributed by atoms with E-state index in [4.69, 9.17) is 23.2 Å². The van der Waals surface area contributed by atoms with Gasteiger partial charge in [0.2, 0.25) is 11.8 Å². The van der Waals surface area contributed by atoms with Crippen molar-refractivity contribution < 1.29 is 18.0 Å². The molecule has 0 aromatic heterocycles. The summed E-state index contributed by atoms with van der Waals surface area (Å²) in [6.45, 7) is 3.78. The highest BCUT2D eigenvalue weighted by molar-refractivity contribution is 7.92. The molecule has 0 unspecified atom stereocenters. The van der Waals surface area contributed by atoms with Crippen molar-refractivity contribution in [1.29, 1.82) is 0 Å². The highest BCUT2D eigenvalue weighted by Gasteiger charge is 2.35. The Morgan fingerprint density at radius 3 is 2.16 bits per heavy atom. The summed E-state index contributed by atoms with van der Waals surface area (Å²) in [6.07, 6.45) is 0.948. The Morgan fingerprint density at radius 1 is 0.864 bits per heavy atom. The van der Waals surface area contributed by atoms with Crippen molar-refractivity contribution in [2.45, 2.75) is 44.2 Å². The predicted molar refractivity (Wildman–Crippen MR) is 176 cm³/mol. The van der Waals surface area contributed by atoms with Crippen LogP contribution in [0, 0.1) is 6.92 Å². The summed E-state index contributed by atoms with van der Waals surface area (Å²) >= 11 is 12.8. The van der Waals surface area contributed by atoms with E-state index in [2.05, 4.69) is 5.32 Å². The van der Waals surface area contributed by atoms with Gasteiger partial charge in [0.15, 0.2) is 0 Å². The number of aryl methyl sites for hydroxylation is 1. The normalized spacial score (nSPS) is 11.9. The maximum atomic E-state index is 14.5. The lowest BCUT2D eigenvalue weighted by Crippen LogP contribution is -2.53. The Bertz CT molecular complexity index is 1690. The lowest BCUT2D eigenvalue weighted by Gasteiger charge is -2.34. The van der Waals surface area contributed by atoms with Crippen molar-refractivity contribution in [1.82, 2.24) is 10.2 Å². The van der Waals surface area contributed by atoms with Gasteiger partial charge < -0.3 is 10.2 Å². The van der Waals surface area contributed by atoms with E-state index in [9.17, 15) is 18.0 Å². The summed E-state index contributed by atoms with van der Waals surface area (Å²) in [5.74, 6) is -0.896. The number of halogens is 2. The quantitative estimate of drug-likeness (QED) is 0.175. The van der Waals surface area contributed by atoms with Gasteiger partial charge in [-0.2, -0.15) is 0 Å². The van der Waals surface area contributed by atoms with Crippen LogP contribution in [0.3, 0.4) is 0 Å². The average Bonchev–Trinajstić information content (AvgIpc) is 3.03. The Kier molecular flexibility index (Phi) is 11.4. The molecule has 1 atom stereocenters. The smallest absolute Gasteiger partial charge is 0.264 e. The maximum Gasteiger partial charge on any atom is 0.264 e. The van der Waals surface area contributed by atoms with Gasteiger partial charge in [-0.15, -0.1) is 0 Å². The summed E-state index contributed by atoms with van der Waals surface area (Å²) in [6, 6.07) is 28.3. The molecule has 1 N–H and O–H groups in total. The van der Waals surface area contributed by atoms with E-state index in [0.29, 0.717) is 13.0 Å². The van der Waals surface area contributed by atoms with E-state index in [1.165, 1.54) is 29.2 Å². The van der Waals surface area contributed by atoms with Gasteiger partial charge >= 0.3 is 0 Å². The van der Waals surface area contributed by atoms with Crippen LogP contribution < -0.4 is 9.62 Å². The fourth-order valence-corrected chi connectivity index (χ4v) is 6.68. The number of amides is 2. The second-order valence-corrected chi connectivity index (χ2v) is 13.1. The fraction of sp³-hybridized carbons (Fsp3) is 0.235. The van der Waals surface area contributed by atoms with Crippen LogP contribution >= 0.6 is 23.2 Å². The summed E-state index contributed by atoms with van der Waals surface area (Å²) in [5, 5.41) is 3.30. The Balaban J connectivity index is 1.83. The van der Waals surface area contributed by atoms with Crippen LogP contribution in [-0.4, -0.2) is 44.3 Å². The SMILES string of the molecule is CCCNC(=O)[C@H](Cc1ccccc1)N(Cc1ccccc1C)C(=O)CN(c1cc(Cl)ccc1Cl)S(=O)(=O)c1ccccc1. The first kappa shape index (κ1) is 33.1. The number of benzene rings is 4. The third kappa shape index (κ3) is 8.20. The zero-order valence-corrected chi connectivity index (χ0v) is 26.9. The summed E-state index contributed by atoms with van der Waals surface area (Å²) in [7, 11) is -4.28. The molecule has 0 saturated heterocycles. The lowest BCUT2D eigenvalue weighted by atomic mass is 10.0. The van der Waals surface area contributed by atoms with E-state index in [1.54, 1.807) is 24.3 Å². The Hall–Kier alpha value is -3.85. The standard InChI is InChI=1S/C34H35Cl2N3O4S/c1-3-20-37-34(41)32(21-26-13-6-4-7-14-26)38(23-27-15-11-10-12-25(27)2)33(40)24-39(31-22-28(35)18-19-30(31)36)44(42,43)29-16-8-5-9-17-29/h4-19,22,32H,3,20-21,23-24H2,1-2H3,(H,37,41)/t32-/m0/s1. The van der Waals surface area contributed by atoms with Crippen LogP contribution in [0.2, 0.25) is 10.0 Å². The molecule has 4 rings (SSSR count). The molecule has 7 nitrogen and oxygen atoms in total. The topological polar surface area (TPSA) is 86.8 Å². The zero-order valence-electron chi connectivity index (χ0n) is 24.6. The monoisotopic (exact) mass is 651 g/mol. The molecule has 44 heavy (non-hydrogen) atoms. The van der Waals surface area contributed by atoms with Crippen LogP contribution in [0.1, 0.15) is 30.0 Å². The molecule has 0 aliphatic heterocycles. The first-order chi connectivity index (χ1) is 21.1. The van der Waals surface area contributed by atoms with Crippen molar-refractivity contribution in [3.8, 4) is 0 Å². The molecule has 0 aliphatic carbocycles. The Labute approximate surface area is 269 Å². The number of anilines is 1. The summed E-state index contributed by atoms with van der Waals surface area (Å²) < 4.78 is 29.1. The predicted octanol–water partition coefficient (Wildman–Crippen LogP) is 6.66. The molecule has 4 aromatic carbocycles. The second-order valence-electron chi connectivity index (χ2n) is 10.4. The molecule has 0 bridgehead atoms. The van der Waals surface area contributed by atoms with Crippen molar-refractivity contribution >= 4 is 50.7 Å². The summed E-state index contributed by atoms with van der Waals surface area (Å²) in [5.41, 5.74) is 2.69. The van der Waals surface area contributed by atoms with Gasteiger partial charge in [-0.05, 0) is 60.4 Å². The van der Waals surface area contributed by atoms with Crippen LogP contribution in [0.25, 0.3) is 0 Å². The van der Waals surface area contributed by atoms with Crippen molar-refractivity contribution in [3.05, 3.63) is 130 Å². The molecule has 0 saturated carbocycles. The molecule has 0 spiro atoms. The molecule has 10 heteroatoms. The molecule has 0 aliphatic rings. The largest absolute Gasteiger partial charge is 0.354 e. The van der Waals surface area contributed by atoms with Gasteiger partial charge in [-0.25, -0.2) is 8.42 Å². The van der Waals surface area contributed by atoms with Gasteiger partial charge in [-0.3, -0.25) is 13.9 Å². The van der Waals surface area contributed by atoms with Gasteiger partial charge in [0.1, 0.15) is 12.6 Å². The number of carbonyl (C=O) groups excluding carboxylic acids is 2. The van der Waals surface area contributed by atoms with E-state index in [1.807, 2.05) is 68.4 Å². The van der Waals surface area contributed by atoms with E-state index in [-0.39, 0.29) is 39.5 Å². The molecule has 4 aromatic rings.